The van der Waals surface area contributed by atoms with E-state index in [4.69, 9.17) is 9.98 Å². The third kappa shape index (κ3) is 4.34. The molecule has 33 heavy (non-hydrogen) atoms. The standard InChI is InChI=1S/C27H25N5S/c1-18(2)29-24-16-27-25(15-23(24)30-19-8-7-13-28-17-19)31-22-11-4-5-12-26(22)32(27)20-9-6-10-21(14-20)33-3/h4-18,30H,1-3H3. The summed E-state index contributed by atoms with van der Waals surface area (Å²) in [6, 6.07) is 25.2. The van der Waals surface area contributed by atoms with Gasteiger partial charge in [-0.1, -0.05) is 18.2 Å². The molecule has 2 aliphatic rings. The molecular weight excluding hydrogens is 426 g/mol. The van der Waals surface area contributed by atoms with Gasteiger partial charge in [0.15, 0.2) is 0 Å². The molecule has 1 aromatic heterocycles. The number of rotatable bonds is 5. The van der Waals surface area contributed by atoms with Gasteiger partial charge in [-0.25, -0.2) is 4.98 Å². The number of nitrogens with zero attached hydrogens (tertiary/aromatic N) is 4. The summed E-state index contributed by atoms with van der Waals surface area (Å²) in [5, 5.41) is 4.38. The highest BCUT2D eigenvalue weighted by Crippen LogP contribution is 2.31. The highest BCUT2D eigenvalue weighted by Gasteiger charge is 2.17. The Morgan fingerprint density at radius 1 is 0.970 bits per heavy atom. The van der Waals surface area contributed by atoms with Crippen molar-refractivity contribution >= 4 is 34.2 Å². The van der Waals surface area contributed by atoms with E-state index in [1.807, 2.05) is 24.4 Å². The number of fused-ring (bicyclic) bond motifs is 2. The highest BCUT2D eigenvalue weighted by molar-refractivity contribution is 7.98. The summed E-state index contributed by atoms with van der Waals surface area (Å²) < 4.78 is 2.28. The lowest BCUT2D eigenvalue weighted by Crippen LogP contribution is -2.16. The summed E-state index contributed by atoms with van der Waals surface area (Å²) in [5.41, 5.74) is 6.86. The van der Waals surface area contributed by atoms with Crippen LogP contribution in [0.2, 0.25) is 0 Å². The molecule has 0 spiro atoms. The fraction of sp³-hybridized carbons (Fsp3) is 0.148. The number of pyridine rings is 1. The normalized spacial score (nSPS) is 12.1. The zero-order valence-corrected chi connectivity index (χ0v) is 19.7. The van der Waals surface area contributed by atoms with Gasteiger partial charge in [-0.2, -0.15) is 0 Å². The predicted molar refractivity (Wildman–Crippen MR) is 138 cm³/mol. The largest absolute Gasteiger partial charge is 0.352 e. The van der Waals surface area contributed by atoms with Crippen molar-refractivity contribution in [2.45, 2.75) is 24.8 Å². The second-order valence-corrected chi connectivity index (χ2v) is 8.96. The molecule has 6 heteroatoms. The molecule has 0 atom stereocenters. The summed E-state index contributed by atoms with van der Waals surface area (Å²) in [6.07, 6.45) is 5.68. The first-order valence-electron chi connectivity index (χ1n) is 10.9. The second-order valence-electron chi connectivity index (χ2n) is 8.09. The molecule has 0 bridgehead atoms. The SMILES string of the molecule is CSc1cccc(-n2c3cc(=NC(C)C)c(Nc4cccnc4)cc-3nc3ccccc32)c1. The van der Waals surface area contributed by atoms with Crippen LogP contribution in [0.15, 0.2) is 95.1 Å². The van der Waals surface area contributed by atoms with E-state index < -0.39 is 0 Å². The minimum absolute atomic E-state index is 0.151. The van der Waals surface area contributed by atoms with Gasteiger partial charge >= 0.3 is 0 Å². The smallest absolute Gasteiger partial charge is 0.0900 e. The first-order valence-corrected chi connectivity index (χ1v) is 12.2. The number of benzene rings is 3. The quantitative estimate of drug-likeness (QED) is 0.252. The predicted octanol–water partition coefficient (Wildman–Crippen LogP) is 6.30. The van der Waals surface area contributed by atoms with E-state index in [1.54, 1.807) is 18.0 Å². The van der Waals surface area contributed by atoms with Crippen LogP contribution in [0.1, 0.15) is 13.8 Å². The lowest BCUT2D eigenvalue weighted by atomic mass is 10.1. The number of aromatic nitrogens is 3. The number of thioether (sulfide) groups is 1. The van der Waals surface area contributed by atoms with Crippen LogP contribution < -0.4 is 10.7 Å². The monoisotopic (exact) mass is 451 g/mol. The van der Waals surface area contributed by atoms with Gasteiger partial charge in [0.1, 0.15) is 0 Å². The Morgan fingerprint density at radius 3 is 2.64 bits per heavy atom. The molecular formula is C27H25N5S. The Labute approximate surface area is 197 Å². The summed E-state index contributed by atoms with van der Waals surface area (Å²) in [5.74, 6) is 0. The molecule has 2 heterocycles. The van der Waals surface area contributed by atoms with Crippen LogP contribution in [-0.2, 0) is 0 Å². The van der Waals surface area contributed by atoms with Crippen molar-refractivity contribution < 1.29 is 0 Å². The van der Waals surface area contributed by atoms with Gasteiger partial charge < -0.3 is 9.88 Å². The Morgan fingerprint density at radius 2 is 1.85 bits per heavy atom. The Kier molecular flexibility index (Phi) is 5.84. The van der Waals surface area contributed by atoms with E-state index >= 15 is 0 Å². The molecule has 2 aromatic carbocycles. The zero-order chi connectivity index (χ0) is 22.8. The van der Waals surface area contributed by atoms with Crippen LogP contribution in [0, 0.1) is 0 Å². The molecule has 1 aliphatic carbocycles. The van der Waals surface area contributed by atoms with Crippen LogP contribution in [0.25, 0.3) is 28.1 Å². The average molecular weight is 452 g/mol. The molecule has 1 N–H and O–H groups in total. The maximum Gasteiger partial charge on any atom is 0.0900 e. The van der Waals surface area contributed by atoms with Gasteiger partial charge in [-0.3, -0.25) is 9.98 Å². The van der Waals surface area contributed by atoms with E-state index in [-0.39, 0.29) is 6.04 Å². The Hall–Kier alpha value is -3.64. The van der Waals surface area contributed by atoms with Gasteiger partial charge in [-0.15, -0.1) is 11.8 Å². The van der Waals surface area contributed by atoms with Crippen molar-refractivity contribution in [2.24, 2.45) is 4.99 Å². The molecule has 0 amide bonds. The third-order valence-electron chi connectivity index (χ3n) is 5.35. The van der Waals surface area contributed by atoms with Crippen molar-refractivity contribution in [3.05, 3.63) is 90.5 Å². The van der Waals surface area contributed by atoms with Crippen LogP contribution in [-0.4, -0.2) is 26.8 Å². The molecule has 5 rings (SSSR count). The molecule has 5 nitrogen and oxygen atoms in total. The average Bonchev–Trinajstić information content (AvgIpc) is 2.83. The molecule has 164 valence electrons. The number of hydrogen-bond donors (Lipinski definition) is 1. The lowest BCUT2D eigenvalue weighted by molar-refractivity contribution is 0.806. The maximum atomic E-state index is 5.01. The highest BCUT2D eigenvalue weighted by atomic mass is 32.2. The summed E-state index contributed by atoms with van der Waals surface area (Å²) in [6.45, 7) is 4.18. The molecule has 0 saturated heterocycles. The van der Waals surface area contributed by atoms with E-state index in [0.29, 0.717) is 0 Å². The zero-order valence-electron chi connectivity index (χ0n) is 18.9. The van der Waals surface area contributed by atoms with E-state index in [1.165, 1.54) is 4.90 Å². The maximum absolute atomic E-state index is 5.01. The molecule has 0 fully saturated rings. The van der Waals surface area contributed by atoms with Gasteiger partial charge in [0, 0.05) is 22.8 Å². The van der Waals surface area contributed by atoms with Gasteiger partial charge in [0.2, 0.25) is 0 Å². The van der Waals surface area contributed by atoms with Crippen molar-refractivity contribution in [1.29, 1.82) is 0 Å². The number of anilines is 2. The van der Waals surface area contributed by atoms with Gasteiger partial charge in [0.25, 0.3) is 0 Å². The first kappa shape index (κ1) is 21.2. The minimum atomic E-state index is 0.151. The van der Waals surface area contributed by atoms with Gasteiger partial charge in [0.05, 0.1) is 45.4 Å². The molecule has 0 unspecified atom stereocenters. The first-order chi connectivity index (χ1) is 16.1. The van der Waals surface area contributed by atoms with Crippen LogP contribution in [0.3, 0.4) is 0 Å². The van der Waals surface area contributed by atoms with Crippen LogP contribution in [0.5, 0.6) is 0 Å². The van der Waals surface area contributed by atoms with E-state index in [0.717, 1.165) is 44.8 Å². The third-order valence-corrected chi connectivity index (χ3v) is 6.07. The molecule has 0 radical (unpaired) electrons. The van der Waals surface area contributed by atoms with Gasteiger partial charge in [-0.05, 0) is 74.7 Å². The van der Waals surface area contributed by atoms with E-state index in [9.17, 15) is 0 Å². The minimum Gasteiger partial charge on any atom is -0.352 e. The summed E-state index contributed by atoms with van der Waals surface area (Å²) in [7, 11) is 0. The summed E-state index contributed by atoms with van der Waals surface area (Å²) >= 11 is 1.74. The molecule has 0 saturated carbocycles. The van der Waals surface area contributed by atoms with Crippen molar-refractivity contribution in [3.8, 4) is 17.1 Å². The van der Waals surface area contributed by atoms with Crippen molar-refractivity contribution in [2.75, 3.05) is 11.6 Å². The molecule has 1 aliphatic heterocycles. The van der Waals surface area contributed by atoms with Crippen molar-refractivity contribution in [1.82, 2.24) is 14.5 Å². The Balaban J connectivity index is 1.83. The number of hydrogen-bond acceptors (Lipinski definition) is 5. The lowest BCUT2D eigenvalue weighted by Gasteiger charge is -2.20. The van der Waals surface area contributed by atoms with Crippen LogP contribution in [0.4, 0.5) is 11.4 Å². The van der Waals surface area contributed by atoms with Crippen LogP contribution >= 0.6 is 11.8 Å². The fourth-order valence-corrected chi connectivity index (χ4v) is 4.40. The van der Waals surface area contributed by atoms with Crippen molar-refractivity contribution in [3.63, 3.8) is 0 Å². The molecule has 3 aromatic rings. The number of nitrogens with one attached hydrogen (secondary N) is 1. The fourth-order valence-electron chi connectivity index (χ4n) is 3.95. The Bertz CT molecular complexity index is 1460. The second kappa shape index (κ2) is 9.08. The van der Waals surface area contributed by atoms with E-state index in [2.05, 4.69) is 89.6 Å². The summed E-state index contributed by atoms with van der Waals surface area (Å²) in [4.78, 5) is 15.4. The number of para-hydroxylation sites is 2. The topological polar surface area (TPSA) is 55.1 Å².